The Morgan fingerprint density at radius 2 is 2.24 bits per heavy atom. The average molecular weight is 235 g/mol. The molecule has 0 spiro atoms. The van der Waals surface area contributed by atoms with Crippen molar-refractivity contribution in [1.29, 1.82) is 0 Å². The van der Waals surface area contributed by atoms with Gasteiger partial charge in [-0.3, -0.25) is 4.40 Å². The van der Waals surface area contributed by atoms with E-state index in [1.54, 1.807) is 10.6 Å². The fraction of sp³-hybridized carbons (Fsp3) is 0.455. The molecule has 0 fully saturated rings. The number of hydrogen-bond donors (Lipinski definition) is 1. The molecule has 2 aromatic rings. The number of aromatic nitrogens is 3. The number of pyridine rings is 1. The van der Waals surface area contributed by atoms with Crippen molar-refractivity contribution < 1.29 is 0 Å². The summed E-state index contributed by atoms with van der Waals surface area (Å²) in [5, 5.41) is 4.25. The number of nitrogens with zero attached hydrogens (tertiary/aromatic N) is 4. The molecule has 0 saturated heterocycles. The zero-order valence-corrected chi connectivity index (χ0v) is 9.91. The standard InChI is InChI=1S/C11H17N5O/c1-14(7-5-12)8-9-16-11(17)15-6-3-2-4-10(15)13-16/h2-4,6H,5,7-9,12H2,1H3. The van der Waals surface area contributed by atoms with E-state index >= 15 is 0 Å². The highest BCUT2D eigenvalue weighted by atomic mass is 16.2. The predicted molar refractivity (Wildman–Crippen MR) is 66.0 cm³/mol. The molecule has 0 bridgehead atoms. The van der Waals surface area contributed by atoms with E-state index in [-0.39, 0.29) is 5.69 Å². The van der Waals surface area contributed by atoms with Gasteiger partial charge in [0.15, 0.2) is 5.65 Å². The van der Waals surface area contributed by atoms with Crippen molar-refractivity contribution in [2.45, 2.75) is 6.54 Å². The van der Waals surface area contributed by atoms with Gasteiger partial charge in [0, 0.05) is 25.8 Å². The first-order valence-corrected chi connectivity index (χ1v) is 5.65. The van der Waals surface area contributed by atoms with Crippen molar-refractivity contribution in [2.24, 2.45) is 5.73 Å². The summed E-state index contributed by atoms with van der Waals surface area (Å²) in [5.41, 5.74) is 6.04. The number of nitrogens with two attached hydrogens (primary N) is 1. The smallest absolute Gasteiger partial charge is 0.329 e. The number of hydrogen-bond acceptors (Lipinski definition) is 4. The maximum absolute atomic E-state index is 11.9. The average Bonchev–Trinajstić information content (AvgIpc) is 2.65. The molecular formula is C11H17N5O. The molecule has 17 heavy (non-hydrogen) atoms. The van der Waals surface area contributed by atoms with E-state index < -0.39 is 0 Å². The van der Waals surface area contributed by atoms with Gasteiger partial charge in [-0.25, -0.2) is 9.48 Å². The molecule has 6 heteroatoms. The third-order valence-corrected chi connectivity index (χ3v) is 2.69. The van der Waals surface area contributed by atoms with Crippen LogP contribution in [0.2, 0.25) is 0 Å². The van der Waals surface area contributed by atoms with E-state index in [1.807, 2.05) is 25.2 Å². The van der Waals surface area contributed by atoms with Crippen LogP contribution in [0.3, 0.4) is 0 Å². The molecule has 0 atom stereocenters. The van der Waals surface area contributed by atoms with Gasteiger partial charge in [0.2, 0.25) is 0 Å². The van der Waals surface area contributed by atoms with Gasteiger partial charge in [-0.15, -0.1) is 5.10 Å². The van der Waals surface area contributed by atoms with Crippen LogP contribution in [0.4, 0.5) is 0 Å². The Morgan fingerprint density at radius 3 is 2.94 bits per heavy atom. The summed E-state index contributed by atoms with van der Waals surface area (Å²) in [7, 11) is 1.98. The zero-order valence-electron chi connectivity index (χ0n) is 9.91. The van der Waals surface area contributed by atoms with Crippen LogP contribution in [0.15, 0.2) is 29.2 Å². The third-order valence-electron chi connectivity index (χ3n) is 2.69. The summed E-state index contributed by atoms with van der Waals surface area (Å²) in [5.74, 6) is 0. The Bertz CT molecular complexity index is 544. The first-order valence-electron chi connectivity index (χ1n) is 5.65. The molecule has 0 radical (unpaired) electrons. The zero-order chi connectivity index (χ0) is 12.3. The van der Waals surface area contributed by atoms with Crippen LogP contribution in [-0.4, -0.2) is 45.8 Å². The number of fused-ring (bicyclic) bond motifs is 1. The predicted octanol–water partition coefficient (Wildman–Crippen LogP) is -0.613. The highest BCUT2D eigenvalue weighted by Crippen LogP contribution is 1.95. The quantitative estimate of drug-likeness (QED) is 0.750. The van der Waals surface area contributed by atoms with Crippen molar-refractivity contribution in [2.75, 3.05) is 26.7 Å². The Hall–Kier alpha value is -1.66. The molecule has 0 aliphatic heterocycles. The van der Waals surface area contributed by atoms with E-state index in [0.717, 1.165) is 13.1 Å². The molecule has 6 nitrogen and oxygen atoms in total. The summed E-state index contributed by atoms with van der Waals surface area (Å²) in [6.07, 6.45) is 1.73. The summed E-state index contributed by atoms with van der Waals surface area (Å²) >= 11 is 0. The molecule has 0 amide bonds. The Kier molecular flexibility index (Phi) is 3.55. The van der Waals surface area contributed by atoms with Crippen LogP contribution in [0.1, 0.15) is 0 Å². The van der Waals surface area contributed by atoms with Gasteiger partial charge >= 0.3 is 5.69 Å². The summed E-state index contributed by atoms with van der Waals surface area (Å²) in [6.45, 7) is 2.79. The summed E-state index contributed by atoms with van der Waals surface area (Å²) in [6, 6.07) is 5.51. The monoisotopic (exact) mass is 235 g/mol. The van der Waals surface area contributed by atoms with E-state index in [2.05, 4.69) is 10.00 Å². The van der Waals surface area contributed by atoms with Crippen LogP contribution < -0.4 is 11.4 Å². The van der Waals surface area contributed by atoms with Crippen LogP contribution in [0, 0.1) is 0 Å². The van der Waals surface area contributed by atoms with Gasteiger partial charge in [-0.05, 0) is 19.2 Å². The van der Waals surface area contributed by atoms with Gasteiger partial charge < -0.3 is 10.6 Å². The van der Waals surface area contributed by atoms with Crippen molar-refractivity contribution in [3.8, 4) is 0 Å². The lowest BCUT2D eigenvalue weighted by molar-refractivity contribution is 0.318. The fourth-order valence-electron chi connectivity index (χ4n) is 1.71. The SMILES string of the molecule is CN(CCN)CCn1nc2ccccn2c1=O. The molecule has 0 aliphatic rings. The van der Waals surface area contributed by atoms with Crippen molar-refractivity contribution >= 4 is 5.65 Å². The maximum atomic E-state index is 11.9. The Morgan fingerprint density at radius 1 is 1.41 bits per heavy atom. The number of rotatable bonds is 5. The fourth-order valence-corrected chi connectivity index (χ4v) is 1.71. The molecule has 0 aliphatic carbocycles. The first-order chi connectivity index (χ1) is 8.22. The second kappa shape index (κ2) is 5.11. The lowest BCUT2D eigenvalue weighted by Crippen LogP contribution is -2.32. The highest BCUT2D eigenvalue weighted by Gasteiger charge is 2.06. The number of likely N-dealkylation sites (N-methyl/N-ethyl adjacent to an activating group) is 1. The Balaban J connectivity index is 2.14. The van der Waals surface area contributed by atoms with Crippen molar-refractivity contribution in [1.82, 2.24) is 19.1 Å². The molecule has 0 unspecified atom stereocenters. The van der Waals surface area contributed by atoms with Gasteiger partial charge in [-0.1, -0.05) is 6.07 Å². The maximum Gasteiger partial charge on any atom is 0.350 e. The second-order valence-electron chi connectivity index (χ2n) is 4.03. The van der Waals surface area contributed by atoms with Crippen LogP contribution in [0.25, 0.3) is 5.65 Å². The molecule has 2 rings (SSSR count). The van der Waals surface area contributed by atoms with Gasteiger partial charge in [0.25, 0.3) is 0 Å². The minimum absolute atomic E-state index is 0.0956. The normalized spacial score (nSPS) is 11.5. The minimum Gasteiger partial charge on any atom is -0.329 e. The van der Waals surface area contributed by atoms with E-state index in [4.69, 9.17) is 5.73 Å². The second-order valence-corrected chi connectivity index (χ2v) is 4.03. The molecular weight excluding hydrogens is 218 g/mol. The largest absolute Gasteiger partial charge is 0.350 e. The van der Waals surface area contributed by atoms with E-state index in [0.29, 0.717) is 18.7 Å². The first kappa shape index (κ1) is 11.8. The molecule has 2 aromatic heterocycles. The lowest BCUT2D eigenvalue weighted by Gasteiger charge is -2.14. The highest BCUT2D eigenvalue weighted by molar-refractivity contribution is 5.35. The van der Waals surface area contributed by atoms with Crippen LogP contribution in [0.5, 0.6) is 0 Å². The summed E-state index contributed by atoms with van der Waals surface area (Å²) in [4.78, 5) is 14.0. The van der Waals surface area contributed by atoms with E-state index in [9.17, 15) is 4.79 Å². The molecule has 2 N–H and O–H groups in total. The minimum atomic E-state index is -0.0956. The molecule has 92 valence electrons. The molecule has 0 aromatic carbocycles. The van der Waals surface area contributed by atoms with Gasteiger partial charge in [-0.2, -0.15) is 0 Å². The summed E-state index contributed by atoms with van der Waals surface area (Å²) < 4.78 is 3.03. The van der Waals surface area contributed by atoms with Crippen LogP contribution >= 0.6 is 0 Å². The lowest BCUT2D eigenvalue weighted by atomic mass is 10.5. The van der Waals surface area contributed by atoms with Crippen LogP contribution in [-0.2, 0) is 6.54 Å². The topological polar surface area (TPSA) is 68.6 Å². The molecule has 2 heterocycles. The van der Waals surface area contributed by atoms with E-state index in [1.165, 1.54) is 4.68 Å². The van der Waals surface area contributed by atoms with Gasteiger partial charge in [0.1, 0.15) is 0 Å². The van der Waals surface area contributed by atoms with Crippen molar-refractivity contribution in [3.63, 3.8) is 0 Å². The third kappa shape index (κ3) is 2.54. The molecule has 0 saturated carbocycles. The van der Waals surface area contributed by atoms with Gasteiger partial charge in [0.05, 0.1) is 6.54 Å². The van der Waals surface area contributed by atoms with Crippen molar-refractivity contribution in [3.05, 3.63) is 34.9 Å². The Labute approximate surface area is 99.3 Å².